The van der Waals surface area contributed by atoms with Crippen molar-refractivity contribution in [1.29, 1.82) is 5.26 Å². The third kappa shape index (κ3) is 4.59. The standard InChI is InChI=1S/C19H16N6O3S/c1-2-24-18(13-6-4-3-5-7-13)22-23-19(24)29-12-17(26)21-16-9-8-15(25(27)28)10-14(16)11-20/h3-10H,2,12H2,1H3,(H,21,26). The molecule has 10 heteroatoms. The smallest absolute Gasteiger partial charge is 0.270 e. The Morgan fingerprint density at radius 3 is 2.69 bits per heavy atom. The normalized spacial score (nSPS) is 10.3. The molecule has 0 bridgehead atoms. The lowest BCUT2D eigenvalue weighted by atomic mass is 10.1. The first-order chi connectivity index (χ1) is 14.0. The van der Waals surface area contributed by atoms with Crippen molar-refractivity contribution in [3.8, 4) is 17.5 Å². The molecule has 1 heterocycles. The molecule has 0 saturated carbocycles. The molecule has 0 atom stereocenters. The lowest BCUT2D eigenvalue weighted by Crippen LogP contribution is -2.15. The lowest BCUT2D eigenvalue weighted by molar-refractivity contribution is -0.384. The zero-order chi connectivity index (χ0) is 20.8. The fourth-order valence-corrected chi connectivity index (χ4v) is 3.45. The van der Waals surface area contributed by atoms with Crippen LogP contribution < -0.4 is 5.32 Å². The van der Waals surface area contributed by atoms with Gasteiger partial charge in [-0.25, -0.2) is 0 Å². The van der Waals surface area contributed by atoms with Crippen LogP contribution in [0.1, 0.15) is 12.5 Å². The van der Waals surface area contributed by atoms with E-state index in [0.29, 0.717) is 11.7 Å². The van der Waals surface area contributed by atoms with E-state index in [0.717, 1.165) is 17.5 Å². The van der Waals surface area contributed by atoms with Gasteiger partial charge in [0.1, 0.15) is 6.07 Å². The molecule has 3 aromatic rings. The van der Waals surface area contributed by atoms with E-state index in [-0.39, 0.29) is 28.6 Å². The number of non-ortho nitro benzene ring substituents is 1. The second-order valence-electron chi connectivity index (χ2n) is 5.85. The Morgan fingerprint density at radius 2 is 2.03 bits per heavy atom. The fraction of sp³-hybridized carbons (Fsp3) is 0.158. The number of hydrogen-bond donors (Lipinski definition) is 1. The Hall–Kier alpha value is -3.71. The predicted octanol–water partition coefficient (Wildman–Crippen LogP) is 3.48. The Bertz CT molecular complexity index is 1090. The van der Waals surface area contributed by atoms with E-state index >= 15 is 0 Å². The topological polar surface area (TPSA) is 127 Å². The molecule has 1 N–H and O–H groups in total. The molecule has 2 aromatic carbocycles. The van der Waals surface area contributed by atoms with Crippen LogP contribution in [0.2, 0.25) is 0 Å². The molecule has 1 aromatic heterocycles. The Balaban J connectivity index is 1.70. The number of nitrogens with one attached hydrogen (secondary N) is 1. The molecule has 0 radical (unpaired) electrons. The number of thioether (sulfide) groups is 1. The van der Waals surface area contributed by atoms with Crippen molar-refractivity contribution in [1.82, 2.24) is 14.8 Å². The molecule has 0 spiro atoms. The van der Waals surface area contributed by atoms with Gasteiger partial charge in [0, 0.05) is 24.2 Å². The number of nitro groups is 1. The van der Waals surface area contributed by atoms with Crippen molar-refractivity contribution in [2.45, 2.75) is 18.6 Å². The van der Waals surface area contributed by atoms with Crippen molar-refractivity contribution in [2.75, 3.05) is 11.1 Å². The average molecular weight is 408 g/mol. The minimum atomic E-state index is -0.593. The first-order valence-corrected chi connectivity index (χ1v) is 9.61. The Labute approximate surface area is 170 Å². The number of carbonyl (C=O) groups excluding carboxylic acids is 1. The van der Waals surface area contributed by atoms with Crippen molar-refractivity contribution in [2.24, 2.45) is 0 Å². The van der Waals surface area contributed by atoms with E-state index in [1.807, 2.05) is 47.9 Å². The van der Waals surface area contributed by atoms with Gasteiger partial charge >= 0.3 is 0 Å². The zero-order valence-corrected chi connectivity index (χ0v) is 16.2. The zero-order valence-electron chi connectivity index (χ0n) is 15.4. The number of aromatic nitrogens is 3. The molecule has 0 unspecified atom stereocenters. The first-order valence-electron chi connectivity index (χ1n) is 8.63. The highest BCUT2D eigenvalue weighted by Gasteiger charge is 2.16. The van der Waals surface area contributed by atoms with Gasteiger partial charge in [0.05, 0.1) is 21.9 Å². The highest BCUT2D eigenvalue weighted by Crippen LogP contribution is 2.25. The molecule has 0 aliphatic heterocycles. The van der Waals surface area contributed by atoms with Crippen molar-refractivity contribution in [3.63, 3.8) is 0 Å². The summed E-state index contributed by atoms with van der Waals surface area (Å²) in [5.74, 6) is 0.416. The second kappa shape index (κ2) is 8.99. The maximum Gasteiger partial charge on any atom is 0.270 e. The van der Waals surface area contributed by atoms with Crippen LogP contribution in [0.25, 0.3) is 11.4 Å². The average Bonchev–Trinajstić information content (AvgIpc) is 3.16. The van der Waals surface area contributed by atoms with Gasteiger partial charge in [-0.3, -0.25) is 14.9 Å². The van der Waals surface area contributed by atoms with Crippen molar-refractivity contribution >= 4 is 29.0 Å². The Morgan fingerprint density at radius 1 is 1.28 bits per heavy atom. The summed E-state index contributed by atoms with van der Waals surface area (Å²) in [6.45, 7) is 2.61. The molecule has 0 saturated heterocycles. The van der Waals surface area contributed by atoms with Crippen LogP contribution in [0.3, 0.4) is 0 Å². The van der Waals surface area contributed by atoms with Crippen LogP contribution in [0.4, 0.5) is 11.4 Å². The van der Waals surface area contributed by atoms with Gasteiger partial charge in [0.15, 0.2) is 11.0 Å². The van der Waals surface area contributed by atoms with E-state index in [4.69, 9.17) is 0 Å². The SMILES string of the molecule is CCn1c(SCC(=O)Nc2ccc([N+](=O)[O-])cc2C#N)nnc1-c1ccccc1. The summed E-state index contributed by atoms with van der Waals surface area (Å²) in [4.78, 5) is 22.5. The van der Waals surface area contributed by atoms with Gasteiger partial charge in [0.2, 0.25) is 5.91 Å². The number of carbonyl (C=O) groups is 1. The van der Waals surface area contributed by atoms with E-state index in [1.54, 1.807) is 0 Å². The van der Waals surface area contributed by atoms with Crippen LogP contribution in [0.15, 0.2) is 53.7 Å². The fourth-order valence-electron chi connectivity index (χ4n) is 2.64. The molecule has 1 amide bonds. The molecule has 0 aliphatic carbocycles. The van der Waals surface area contributed by atoms with Crippen LogP contribution in [0.5, 0.6) is 0 Å². The number of nitrogens with zero attached hydrogens (tertiary/aromatic N) is 5. The minimum absolute atomic E-state index is 0.0284. The maximum absolute atomic E-state index is 12.3. The number of nitro benzene ring substituents is 1. The van der Waals surface area contributed by atoms with E-state index < -0.39 is 4.92 Å². The molecule has 9 nitrogen and oxygen atoms in total. The highest BCUT2D eigenvalue weighted by molar-refractivity contribution is 7.99. The molecular weight excluding hydrogens is 392 g/mol. The second-order valence-corrected chi connectivity index (χ2v) is 6.79. The Kier molecular flexibility index (Phi) is 6.21. The molecule has 29 heavy (non-hydrogen) atoms. The molecule has 3 rings (SSSR count). The number of anilines is 1. The van der Waals surface area contributed by atoms with Gasteiger partial charge in [0.25, 0.3) is 5.69 Å². The predicted molar refractivity (Wildman–Crippen MR) is 108 cm³/mol. The van der Waals surface area contributed by atoms with Crippen molar-refractivity contribution < 1.29 is 9.72 Å². The quantitative estimate of drug-likeness (QED) is 0.360. The summed E-state index contributed by atoms with van der Waals surface area (Å²) in [6, 6.07) is 15.2. The van der Waals surface area contributed by atoms with Crippen LogP contribution in [0, 0.1) is 21.4 Å². The van der Waals surface area contributed by atoms with Gasteiger partial charge in [-0.2, -0.15) is 5.26 Å². The molecule has 0 fully saturated rings. The number of amides is 1. The number of benzene rings is 2. The monoisotopic (exact) mass is 408 g/mol. The summed E-state index contributed by atoms with van der Waals surface area (Å²) in [5.41, 5.74) is 0.979. The molecular formula is C19H16N6O3S. The summed E-state index contributed by atoms with van der Waals surface area (Å²) in [6.07, 6.45) is 0. The van der Waals surface area contributed by atoms with E-state index in [2.05, 4.69) is 15.5 Å². The number of rotatable bonds is 7. The minimum Gasteiger partial charge on any atom is -0.324 e. The van der Waals surface area contributed by atoms with Gasteiger partial charge in [-0.15, -0.1) is 10.2 Å². The summed E-state index contributed by atoms with van der Waals surface area (Å²) < 4.78 is 1.92. The largest absolute Gasteiger partial charge is 0.324 e. The van der Waals surface area contributed by atoms with Crippen LogP contribution >= 0.6 is 11.8 Å². The van der Waals surface area contributed by atoms with Gasteiger partial charge in [-0.05, 0) is 13.0 Å². The molecule has 0 aliphatic rings. The highest BCUT2D eigenvalue weighted by atomic mass is 32.2. The van der Waals surface area contributed by atoms with Crippen LogP contribution in [-0.4, -0.2) is 31.3 Å². The van der Waals surface area contributed by atoms with Gasteiger partial charge < -0.3 is 9.88 Å². The first kappa shape index (κ1) is 20.0. The third-order valence-electron chi connectivity index (χ3n) is 4.01. The van der Waals surface area contributed by atoms with Gasteiger partial charge in [-0.1, -0.05) is 42.1 Å². The summed E-state index contributed by atoms with van der Waals surface area (Å²) in [7, 11) is 0. The third-order valence-corrected chi connectivity index (χ3v) is 4.97. The number of hydrogen-bond acceptors (Lipinski definition) is 7. The number of nitriles is 1. The maximum atomic E-state index is 12.3. The van der Waals surface area contributed by atoms with Crippen LogP contribution in [-0.2, 0) is 11.3 Å². The molecule has 146 valence electrons. The summed E-state index contributed by atoms with van der Waals surface area (Å²) >= 11 is 1.22. The van der Waals surface area contributed by atoms with E-state index in [1.165, 1.54) is 23.9 Å². The van der Waals surface area contributed by atoms with E-state index in [9.17, 15) is 20.2 Å². The summed E-state index contributed by atoms with van der Waals surface area (Å²) in [5, 5.41) is 31.6. The lowest BCUT2D eigenvalue weighted by Gasteiger charge is -2.08. The van der Waals surface area contributed by atoms with Crippen molar-refractivity contribution in [3.05, 3.63) is 64.2 Å².